The first kappa shape index (κ1) is 18.4. The number of rotatable bonds is 3. The lowest BCUT2D eigenvalue weighted by Gasteiger charge is -2.28. The molecule has 30 heavy (non-hydrogen) atoms. The number of aromatic nitrogens is 4. The van der Waals surface area contributed by atoms with Gasteiger partial charge >= 0.3 is 0 Å². The molecule has 1 aromatic carbocycles. The number of fused-ring (bicyclic) bond motifs is 2. The summed E-state index contributed by atoms with van der Waals surface area (Å²) in [6.07, 6.45) is 6.55. The van der Waals surface area contributed by atoms with Gasteiger partial charge in [-0.1, -0.05) is 12.1 Å². The van der Waals surface area contributed by atoms with Crippen molar-refractivity contribution in [3.63, 3.8) is 0 Å². The van der Waals surface area contributed by atoms with Gasteiger partial charge in [0.25, 0.3) is 0 Å². The van der Waals surface area contributed by atoms with Gasteiger partial charge in [0.05, 0.1) is 12.6 Å². The Morgan fingerprint density at radius 1 is 1.13 bits per heavy atom. The second-order valence-electron chi connectivity index (χ2n) is 7.64. The minimum absolute atomic E-state index is 0.0367. The van der Waals surface area contributed by atoms with Crippen LogP contribution in [0.25, 0.3) is 22.2 Å². The minimum atomic E-state index is -0.296. The van der Waals surface area contributed by atoms with Crippen LogP contribution in [0.3, 0.4) is 0 Å². The number of hydrogen-bond donors (Lipinski definition) is 0. The molecule has 5 rings (SSSR count). The molecular formula is C23H20FN5O. The van der Waals surface area contributed by atoms with Crippen molar-refractivity contribution < 1.29 is 9.18 Å². The summed E-state index contributed by atoms with van der Waals surface area (Å²) >= 11 is 0. The fourth-order valence-electron chi connectivity index (χ4n) is 3.85. The number of hydrogen-bond acceptors (Lipinski definition) is 4. The van der Waals surface area contributed by atoms with E-state index in [4.69, 9.17) is 4.98 Å². The van der Waals surface area contributed by atoms with E-state index in [1.54, 1.807) is 16.8 Å². The Balaban J connectivity index is 1.39. The molecule has 0 fully saturated rings. The number of amides is 1. The molecular weight excluding hydrogens is 381 g/mol. The predicted molar refractivity (Wildman–Crippen MR) is 111 cm³/mol. The molecule has 1 aliphatic rings. The summed E-state index contributed by atoms with van der Waals surface area (Å²) in [5.41, 5.74) is 5.56. The number of carbonyl (C=O) groups is 1. The molecule has 0 saturated carbocycles. The highest BCUT2D eigenvalue weighted by Crippen LogP contribution is 2.26. The summed E-state index contributed by atoms with van der Waals surface area (Å²) in [7, 11) is 1.88. The van der Waals surface area contributed by atoms with Gasteiger partial charge < -0.3 is 4.90 Å². The summed E-state index contributed by atoms with van der Waals surface area (Å²) < 4.78 is 14.9. The van der Waals surface area contributed by atoms with Crippen LogP contribution in [-0.4, -0.2) is 37.1 Å². The van der Waals surface area contributed by atoms with E-state index in [0.29, 0.717) is 25.2 Å². The van der Waals surface area contributed by atoms with Crippen molar-refractivity contribution in [3.05, 3.63) is 77.6 Å². The monoisotopic (exact) mass is 401 g/mol. The zero-order chi connectivity index (χ0) is 20.7. The Hall–Kier alpha value is -3.61. The molecule has 1 amide bonds. The number of pyridine rings is 2. The van der Waals surface area contributed by atoms with Crippen molar-refractivity contribution in [1.29, 1.82) is 0 Å². The quantitative estimate of drug-likeness (QED) is 0.528. The van der Waals surface area contributed by atoms with Crippen molar-refractivity contribution in [2.75, 3.05) is 6.54 Å². The van der Waals surface area contributed by atoms with Crippen molar-refractivity contribution in [1.82, 2.24) is 24.6 Å². The maximum Gasteiger partial charge on any atom is 0.227 e. The summed E-state index contributed by atoms with van der Waals surface area (Å²) in [5, 5.41) is 5.17. The molecule has 4 heterocycles. The summed E-state index contributed by atoms with van der Waals surface area (Å²) in [5.74, 6) is -0.259. The van der Waals surface area contributed by atoms with Crippen LogP contribution in [0.4, 0.5) is 4.39 Å². The Bertz CT molecular complexity index is 1250. The second kappa shape index (κ2) is 7.33. The van der Waals surface area contributed by atoms with Crippen LogP contribution in [0.2, 0.25) is 0 Å². The Morgan fingerprint density at radius 3 is 2.73 bits per heavy atom. The summed E-state index contributed by atoms with van der Waals surface area (Å²) in [6.45, 7) is 1.15. The third-order valence-electron chi connectivity index (χ3n) is 5.48. The molecule has 0 aliphatic carbocycles. The van der Waals surface area contributed by atoms with Gasteiger partial charge in [0.15, 0.2) is 5.65 Å². The molecule has 1 aliphatic heterocycles. The fraction of sp³-hybridized carbons (Fsp3) is 0.217. The smallest absolute Gasteiger partial charge is 0.227 e. The number of nitrogens with zero attached hydrogens (tertiary/aromatic N) is 5. The highest BCUT2D eigenvalue weighted by Gasteiger charge is 2.22. The van der Waals surface area contributed by atoms with Gasteiger partial charge in [-0.3, -0.25) is 9.48 Å². The van der Waals surface area contributed by atoms with Gasteiger partial charge in [0.1, 0.15) is 5.82 Å². The third-order valence-corrected chi connectivity index (χ3v) is 5.48. The molecule has 3 aromatic heterocycles. The van der Waals surface area contributed by atoms with Crippen molar-refractivity contribution in [3.8, 4) is 11.1 Å². The number of halogens is 1. The van der Waals surface area contributed by atoms with Gasteiger partial charge in [-0.05, 0) is 35.4 Å². The molecule has 0 N–H and O–H groups in total. The van der Waals surface area contributed by atoms with E-state index >= 15 is 0 Å². The van der Waals surface area contributed by atoms with Crippen LogP contribution < -0.4 is 0 Å². The van der Waals surface area contributed by atoms with Gasteiger partial charge in [0.2, 0.25) is 5.91 Å². The van der Waals surface area contributed by atoms with Gasteiger partial charge in [-0.25, -0.2) is 14.4 Å². The highest BCUT2D eigenvalue weighted by atomic mass is 19.1. The lowest BCUT2D eigenvalue weighted by Crippen LogP contribution is -2.37. The van der Waals surface area contributed by atoms with E-state index in [1.165, 1.54) is 12.1 Å². The lowest BCUT2D eigenvalue weighted by atomic mass is 10.0. The molecule has 0 spiro atoms. The highest BCUT2D eigenvalue weighted by molar-refractivity contribution is 5.82. The molecule has 150 valence electrons. The molecule has 0 bridgehead atoms. The van der Waals surface area contributed by atoms with Crippen LogP contribution >= 0.6 is 0 Å². The van der Waals surface area contributed by atoms with Crippen LogP contribution in [0.5, 0.6) is 0 Å². The summed E-state index contributed by atoms with van der Waals surface area (Å²) in [6, 6.07) is 10.2. The molecule has 0 unspecified atom stereocenters. The number of benzene rings is 1. The minimum Gasteiger partial charge on any atom is -0.338 e. The maximum atomic E-state index is 13.1. The maximum absolute atomic E-state index is 13.1. The van der Waals surface area contributed by atoms with Crippen molar-refractivity contribution in [2.24, 2.45) is 7.05 Å². The topological polar surface area (TPSA) is 63.9 Å². The van der Waals surface area contributed by atoms with Crippen LogP contribution in [0.15, 0.2) is 55.0 Å². The van der Waals surface area contributed by atoms with E-state index in [2.05, 4.69) is 22.2 Å². The van der Waals surface area contributed by atoms with Gasteiger partial charge in [0, 0.05) is 61.2 Å². The largest absolute Gasteiger partial charge is 0.338 e. The van der Waals surface area contributed by atoms with Crippen molar-refractivity contribution >= 4 is 16.9 Å². The lowest BCUT2D eigenvalue weighted by molar-refractivity contribution is -0.131. The Kier molecular flexibility index (Phi) is 4.50. The standard InChI is InChI=1S/C23H20FN5O/c1-28-13-19(12-26-28)17-9-16-10-18-14-29(7-6-21(18)27-23(16)25-11-17)22(30)8-15-2-4-20(24)5-3-15/h2-5,9-13H,6-8,14H2,1H3. The van der Waals surface area contributed by atoms with Crippen LogP contribution in [-0.2, 0) is 31.2 Å². The zero-order valence-corrected chi connectivity index (χ0v) is 16.5. The summed E-state index contributed by atoms with van der Waals surface area (Å²) in [4.78, 5) is 23.9. The molecule has 6 nitrogen and oxygen atoms in total. The van der Waals surface area contributed by atoms with Crippen LogP contribution in [0, 0.1) is 5.82 Å². The van der Waals surface area contributed by atoms with Gasteiger partial charge in [-0.2, -0.15) is 5.10 Å². The van der Waals surface area contributed by atoms with E-state index < -0.39 is 0 Å². The SMILES string of the molecule is Cn1cc(-c2cnc3nc4c(cc3c2)CN(C(=O)Cc2ccc(F)cc2)CC4)cn1. The Labute approximate surface area is 173 Å². The van der Waals surface area contributed by atoms with Crippen LogP contribution in [0.1, 0.15) is 16.8 Å². The first-order chi connectivity index (χ1) is 14.5. The number of carbonyl (C=O) groups excluding carboxylic acids is 1. The molecule has 7 heteroatoms. The van der Waals surface area contributed by atoms with E-state index in [-0.39, 0.29) is 18.1 Å². The molecule has 0 atom stereocenters. The molecule has 0 radical (unpaired) electrons. The normalized spacial score (nSPS) is 13.5. The third kappa shape index (κ3) is 3.54. The fourth-order valence-corrected chi connectivity index (χ4v) is 3.85. The zero-order valence-electron chi connectivity index (χ0n) is 16.5. The molecule has 0 saturated heterocycles. The average Bonchev–Trinajstić information content (AvgIpc) is 3.19. The number of aryl methyl sites for hydroxylation is 1. The van der Waals surface area contributed by atoms with Gasteiger partial charge in [-0.15, -0.1) is 0 Å². The average molecular weight is 401 g/mol. The first-order valence-electron chi connectivity index (χ1n) is 9.85. The van der Waals surface area contributed by atoms with E-state index in [0.717, 1.165) is 33.3 Å². The second-order valence-corrected chi connectivity index (χ2v) is 7.64. The predicted octanol–water partition coefficient (Wildman–Crippen LogP) is 3.30. The molecule has 4 aromatic rings. The Morgan fingerprint density at radius 2 is 1.97 bits per heavy atom. The van der Waals surface area contributed by atoms with Crippen molar-refractivity contribution in [2.45, 2.75) is 19.4 Å². The van der Waals surface area contributed by atoms with E-state index in [9.17, 15) is 9.18 Å². The van der Waals surface area contributed by atoms with E-state index in [1.807, 2.05) is 30.5 Å². The first-order valence-corrected chi connectivity index (χ1v) is 9.85.